The van der Waals surface area contributed by atoms with Crippen LogP contribution in [-0.2, 0) is 4.74 Å². The molecule has 150 valence electrons. The molecular formula is C21H39NO2SSn. The van der Waals surface area contributed by atoms with Gasteiger partial charge < -0.3 is 0 Å². The second-order valence-corrected chi connectivity index (χ2v) is 23.3. The number of hydrogen-bond donors (Lipinski definition) is 1. The number of amides is 1. The summed E-state index contributed by atoms with van der Waals surface area (Å²) in [7, 11) is 0. The Morgan fingerprint density at radius 2 is 1.54 bits per heavy atom. The van der Waals surface area contributed by atoms with Crippen LogP contribution in [0.4, 0.5) is 10.5 Å². The van der Waals surface area contributed by atoms with Crippen LogP contribution in [0.3, 0.4) is 0 Å². The Kier molecular flexibility index (Phi) is 10.6. The molecule has 0 aliphatic heterocycles. The van der Waals surface area contributed by atoms with Gasteiger partial charge in [-0.1, -0.05) is 0 Å². The number of rotatable bonds is 11. The molecule has 1 heterocycles. The monoisotopic (exact) mass is 489 g/mol. The third-order valence-electron chi connectivity index (χ3n) is 4.81. The Morgan fingerprint density at radius 3 is 1.96 bits per heavy atom. The number of nitrogens with one attached hydrogen (secondary N) is 1. The maximum atomic E-state index is 12.3. The molecular weight excluding hydrogens is 449 g/mol. The van der Waals surface area contributed by atoms with Crippen molar-refractivity contribution in [2.45, 2.75) is 99.0 Å². The third-order valence-corrected chi connectivity index (χ3v) is 24.2. The fraction of sp³-hybridized carbons (Fsp3) is 0.762. The number of hydrogen-bond acceptors (Lipinski definition) is 3. The van der Waals surface area contributed by atoms with Crippen molar-refractivity contribution in [2.75, 3.05) is 5.32 Å². The van der Waals surface area contributed by atoms with Crippen LogP contribution in [0.15, 0.2) is 11.4 Å². The first-order chi connectivity index (χ1) is 12.3. The molecule has 0 aromatic carbocycles. The van der Waals surface area contributed by atoms with Gasteiger partial charge in [-0.2, -0.15) is 0 Å². The molecule has 1 amide bonds. The summed E-state index contributed by atoms with van der Waals surface area (Å²) in [5.41, 5.74) is 0.580. The van der Waals surface area contributed by atoms with Gasteiger partial charge in [0.2, 0.25) is 0 Å². The molecule has 0 radical (unpaired) electrons. The first-order valence-electron chi connectivity index (χ1n) is 10.4. The maximum absolute atomic E-state index is 12.3. The van der Waals surface area contributed by atoms with Gasteiger partial charge in [-0.25, -0.2) is 0 Å². The van der Waals surface area contributed by atoms with Gasteiger partial charge in [-0.15, -0.1) is 0 Å². The van der Waals surface area contributed by atoms with Gasteiger partial charge in [0.05, 0.1) is 0 Å². The van der Waals surface area contributed by atoms with Gasteiger partial charge in [0, 0.05) is 0 Å². The number of carbonyl (C=O) groups is 1. The first-order valence-corrected chi connectivity index (χ1v) is 18.7. The van der Waals surface area contributed by atoms with Crippen LogP contribution in [0, 0.1) is 0 Å². The van der Waals surface area contributed by atoms with Crippen LogP contribution in [0.25, 0.3) is 0 Å². The van der Waals surface area contributed by atoms with E-state index < -0.39 is 24.0 Å². The summed E-state index contributed by atoms with van der Waals surface area (Å²) < 4.78 is 11.3. The zero-order chi connectivity index (χ0) is 19.6. The molecule has 0 saturated heterocycles. The summed E-state index contributed by atoms with van der Waals surface area (Å²) in [6.45, 7) is 12.6. The Hall–Kier alpha value is -0.231. The fourth-order valence-electron chi connectivity index (χ4n) is 3.49. The van der Waals surface area contributed by atoms with E-state index in [1.807, 2.05) is 32.1 Å². The molecule has 0 saturated carbocycles. The standard InChI is InChI=1S/C9H12NO2S.3C4H9.Sn/c1-9(2,3)12-8(11)10-7-4-5-13-6-7;3*1-3-4-2;/h4-5H,1-3H3,(H,10,11);3*1,3-4H2,2H3;. The van der Waals surface area contributed by atoms with Crippen LogP contribution in [-0.4, -0.2) is 30.1 Å². The van der Waals surface area contributed by atoms with Crippen molar-refractivity contribution in [1.29, 1.82) is 0 Å². The van der Waals surface area contributed by atoms with E-state index in [2.05, 4.69) is 37.5 Å². The minimum atomic E-state index is -2.52. The summed E-state index contributed by atoms with van der Waals surface area (Å²) >= 11 is -0.627. The van der Waals surface area contributed by atoms with E-state index >= 15 is 0 Å². The number of carbonyl (C=O) groups excluding carboxylic acids is 1. The normalized spacial score (nSPS) is 12.2. The molecule has 5 heteroatoms. The molecule has 1 aromatic rings. The molecule has 0 unspecified atom stereocenters. The molecule has 3 nitrogen and oxygen atoms in total. The van der Waals surface area contributed by atoms with E-state index in [4.69, 9.17) is 4.74 Å². The van der Waals surface area contributed by atoms with Gasteiger partial charge >= 0.3 is 170 Å². The topological polar surface area (TPSA) is 38.3 Å². The number of anilines is 1. The molecule has 0 aliphatic carbocycles. The molecule has 1 N–H and O–H groups in total. The fourth-order valence-corrected chi connectivity index (χ4v) is 24.1. The van der Waals surface area contributed by atoms with Crippen LogP contribution in [0.5, 0.6) is 0 Å². The number of ether oxygens (including phenoxy) is 1. The van der Waals surface area contributed by atoms with Crippen LogP contribution >= 0.6 is 11.3 Å². The number of thiophene rings is 1. The predicted molar refractivity (Wildman–Crippen MR) is 119 cm³/mol. The summed E-state index contributed by atoms with van der Waals surface area (Å²) in [5, 5.41) is 5.25. The van der Waals surface area contributed by atoms with Crippen molar-refractivity contribution in [2.24, 2.45) is 0 Å². The molecule has 0 atom stereocenters. The zero-order valence-electron chi connectivity index (χ0n) is 17.7. The van der Waals surface area contributed by atoms with Crippen molar-refractivity contribution >= 4 is 44.4 Å². The summed E-state index contributed by atoms with van der Waals surface area (Å²) in [6, 6.07) is 2.10. The van der Waals surface area contributed by atoms with Crippen molar-refractivity contribution in [1.82, 2.24) is 0 Å². The molecule has 1 rings (SSSR count). The third kappa shape index (κ3) is 7.79. The minimum absolute atomic E-state index is 0.321. The van der Waals surface area contributed by atoms with Gasteiger partial charge in [-0.05, 0) is 0 Å². The quantitative estimate of drug-likeness (QED) is 0.336. The zero-order valence-corrected chi connectivity index (χ0v) is 21.4. The van der Waals surface area contributed by atoms with Crippen molar-refractivity contribution in [3.8, 4) is 0 Å². The van der Waals surface area contributed by atoms with E-state index in [-0.39, 0.29) is 6.09 Å². The summed E-state index contributed by atoms with van der Waals surface area (Å²) in [5.74, 6) is 0. The first kappa shape index (κ1) is 23.8. The van der Waals surface area contributed by atoms with E-state index in [1.165, 1.54) is 51.8 Å². The Morgan fingerprint density at radius 1 is 1.04 bits per heavy atom. The SMILES string of the molecule is CCC[CH2][Sn]([CH2]CCC)([CH2]CCC)[c]1sccc1NC(=O)OC(C)(C)C. The van der Waals surface area contributed by atoms with Gasteiger partial charge in [-0.3, -0.25) is 0 Å². The average molecular weight is 488 g/mol. The Bertz CT molecular complexity index is 515. The number of unbranched alkanes of at least 4 members (excludes halogenated alkanes) is 3. The van der Waals surface area contributed by atoms with Crippen molar-refractivity contribution in [3.63, 3.8) is 0 Å². The van der Waals surface area contributed by atoms with E-state index in [0.29, 0.717) is 0 Å². The van der Waals surface area contributed by atoms with Gasteiger partial charge in [0.1, 0.15) is 0 Å². The molecule has 1 aromatic heterocycles. The second kappa shape index (κ2) is 11.6. The summed E-state index contributed by atoms with van der Waals surface area (Å²) in [4.78, 5) is 12.3. The Labute approximate surface area is 169 Å². The molecule has 0 fully saturated rings. The van der Waals surface area contributed by atoms with Gasteiger partial charge in [0.25, 0.3) is 0 Å². The summed E-state index contributed by atoms with van der Waals surface area (Å²) in [6.07, 6.45) is 7.44. The van der Waals surface area contributed by atoms with Crippen molar-refractivity contribution < 1.29 is 9.53 Å². The van der Waals surface area contributed by atoms with Gasteiger partial charge in [0.15, 0.2) is 0 Å². The van der Waals surface area contributed by atoms with Crippen LogP contribution in [0.2, 0.25) is 13.3 Å². The molecule has 0 aliphatic rings. The Balaban J connectivity index is 3.12. The van der Waals surface area contributed by atoms with Crippen molar-refractivity contribution in [3.05, 3.63) is 11.4 Å². The van der Waals surface area contributed by atoms with E-state index in [0.717, 1.165) is 5.69 Å². The second-order valence-electron chi connectivity index (χ2n) is 8.38. The van der Waals surface area contributed by atoms with E-state index in [1.54, 1.807) is 2.89 Å². The van der Waals surface area contributed by atoms with Crippen LogP contribution < -0.4 is 8.21 Å². The van der Waals surface area contributed by atoms with E-state index in [9.17, 15) is 4.79 Å². The molecule has 0 spiro atoms. The van der Waals surface area contributed by atoms with Crippen LogP contribution in [0.1, 0.15) is 80.1 Å². The average Bonchev–Trinajstić information content (AvgIpc) is 3.01. The predicted octanol–water partition coefficient (Wildman–Crippen LogP) is 7.15. The molecule has 26 heavy (non-hydrogen) atoms. The molecule has 0 bridgehead atoms.